The Bertz CT molecular complexity index is 193. The average Bonchev–Trinajstić information content (AvgIpc) is 2.10. The van der Waals surface area contributed by atoms with Crippen LogP contribution in [-0.2, 0) is 9.73 Å². The van der Waals surface area contributed by atoms with Crippen LogP contribution in [0.5, 0.6) is 0 Å². The van der Waals surface area contributed by atoms with Gasteiger partial charge >= 0.3 is 0 Å². The van der Waals surface area contributed by atoms with E-state index < -0.39 is 5.24 Å². The number of carbonyl (C=O) groups is 1. The Kier molecular flexibility index (Phi) is 1.80. The Morgan fingerprint density at radius 3 is 2.70 bits per heavy atom. The largest absolute Gasteiger partial charge is 0.274 e. The molecule has 0 unspecified atom stereocenters. The third-order valence-electron chi connectivity index (χ3n) is 0.979. The van der Waals surface area contributed by atoms with E-state index >= 15 is 0 Å². The SMILES string of the molecule is CN1ON(O)C=C1C(=O)Cl. The molecular weight excluding hydrogens is 160 g/mol. The lowest BCUT2D eigenvalue weighted by Crippen LogP contribution is -2.19. The minimum atomic E-state index is -0.681. The molecular formula is C4H5ClN2O3. The van der Waals surface area contributed by atoms with Crippen molar-refractivity contribution in [2.45, 2.75) is 0 Å². The van der Waals surface area contributed by atoms with Gasteiger partial charge in [-0.05, 0) is 11.6 Å². The highest BCUT2D eigenvalue weighted by molar-refractivity contribution is 6.67. The quantitative estimate of drug-likeness (QED) is 0.556. The van der Waals surface area contributed by atoms with Crippen molar-refractivity contribution >= 4 is 16.8 Å². The molecule has 1 aliphatic rings. The molecule has 0 aromatic heterocycles. The predicted octanol–water partition coefficient (Wildman–Crippen LogP) is 0.0764. The third kappa shape index (κ3) is 1.21. The molecule has 0 atom stereocenters. The van der Waals surface area contributed by atoms with Crippen LogP contribution in [0.25, 0.3) is 0 Å². The zero-order valence-corrected chi connectivity index (χ0v) is 5.87. The van der Waals surface area contributed by atoms with E-state index in [1.54, 1.807) is 0 Å². The van der Waals surface area contributed by atoms with Gasteiger partial charge in [0, 0.05) is 7.05 Å². The Morgan fingerprint density at radius 1 is 1.90 bits per heavy atom. The van der Waals surface area contributed by atoms with E-state index in [1.807, 2.05) is 0 Å². The van der Waals surface area contributed by atoms with E-state index in [4.69, 9.17) is 16.8 Å². The van der Waals surface area contributed by atoms with Crippen LogP contribution in [0.4, 0.5) is 0 Å². The van der Waals surface area contributed by atoms with Crippen LogP contribution in [-0.4, -0.2) is 27.8 Å². The fourth-order valence-corrected chi connectivity index (χ4v) is 0.721. The summed E-state index contributed by atoms with van der Waals surface area (Å²) >= 11 is 5.08. The minimum Gasteiger partial charge on any atom is -0.274 e. The average molecular weight is 165 g/mol. The molecule has 0 saturated heterocycles. The number of halogens is 1. The van der Waals surface area contributed by atoms with E-state index in [9.17, 15) is 4.79 Å². The monoisotopic (exact) mass is 164 g/mol. The fourth-order valence-electron chi connectivity index (χ4n) is 0.553. The summed E-state index contributed by atoms with van der Waals surface area (Å²) in [4.78, 5) is 14.9. The van der Waals surface area contributed by atoms with Crippen molar-refractivity contribution in [3.05, 3.63) is 11.9 Å². The number of carbonyl (C=O) groups excluding carboxylic acids is 1. The topological polar surface area (TPSA) is 53.0 Å². The molecule has 5 nitrogen and oxygen atoms in total. The highest BCUT2D eigenvalue weighted by atomic mass is 35.5. The van der Waals surface area contributed by atoms with E-state index in [1.165, 1.54) is 7.05 Å². The van der Waals surface area contributed by atoms with Crippen LogP contribution >= 0.6 is 11.6 Å². The molecule has 1 heterocycles. The minimum absolute atomic E-state index is 0.0872. The van der Waals surface area contributed by atoms with E-state index in [0.717, 1.165) is 11.3 Å². The van der Waals surface area contributed by atoms with E-state index in [2.05, 4.69) is 4.94 Å². The van der Waals surface area contributed by atoms with Gasteiger partial charge in [0.1, 0.15) is 5.70 Å². The van der Waals surface area contributed by atoms with Crippen molar-refractivity contribution in [1.29, 1.82) is 0 Å². The summed E-state index contributed by atoms with van der Waals surface area (Å²) < 4.78 is 0. The number of hydrogen-bond donors (Lipinski definition) is 1. The molecule has 0 spiro atoms. The summed E-state index contributed by atoms with van der Waals surface area (Å²) in [6, 6.07) is 0. The number of likely N-dealkylation sites (N-methyl/N-ethyl adjacent to an activating group) is 1. The van der Waals surface area contributed by atoms with Crippen LogP contribution < -0.4 is 0 Å². The van der Waals surface area contributed by atoms with Crippen molar-refractivity contribution in [2.24, 2.45) is 0 Å². The van der Waals surface area contributed by atoms with Crippen molar-refractivity contribution in [3.63, 3.8) is 0 Å². The summed E-state index contributed by atoms with van der Waals surface area (Å²) in [7, 11) is 1.45. The maximum atomic E-state index is 10.4. The van der Waals surface area contributed by atoms with E-state index in [0.29, 0.717) is 5.23 Å². The van der Waals surface area contributed by atoms with Crippen LogP contribution in [0.1, 0.15) is 0 Å². The smallest absolute Gasteiger partial charge is 0.272 e. The standard InChI is InChI=1S/C4H5ClN2O3/c1-6-3(4(5)8)2-7(9)10-6/h2,9H,1H3. The summed E-state index contributed by atoms with van der Waals surface area (Å²) in [5.41, 5.74) is 0.0872. The Hall–Kier alpha value is -0.780. The second-order valence-corrected chi connectivity index (χ2v) is 2.01. The second-order valence-electron chi connectivity index (χ2n) is 1.67. The fraction of sp³-hybridized carbons (Fsp3) is 0.250. The first-order valence-electron chi connectivity index (χ1n) is 2.43. The molecule has 1 N–H and O–H groups in total. The van der Waals surface area contributed by atoms with Gasteiger partial charge in [0.2, 0.25) is 0 Å². The number of rotatable bonds is 1. The molecule has 0 aromatic carbocycles. The highest BCUT2D eigenvalue weighted by Gasteiger charge is 2.22. The van der Waals surface area contributed by atoms with Gasteiger partial charge in [0.05, 0.1) is 6.20 Å². The van der Waals surface area contributed by atoms with Crippen molar-refractivity contribution in [2.75, 3.05) is 7.05 Å². The summed E-state index contributed by atoms with van der Waals surface area (Å²) in [5, 5.41) is 9.37. The van der Waals surface area contributed by atoms with Gasteiger partial charge < -0.3 is 0 Å². The third-order valence-corrected chi connectivity index (χ3v) is 1.17. The van der Waals surface area contributed by atoms with Gasteiger partial charge in [-0.3, -0.25) is 10.0 Å². The zero-order chi connectivity index (χ0) is 7.72. The Balaban J connectivity index is 2.75. The first-order chi connectivity index (χ1) is 4.61. The lowest BCUT2D eigenvalue weighted by atomic mass is 10.5. The van der Waals surface area contributed by atoms with Crippen LogP contribution in [0.15, 0.2) is 11.9 Å². The lowest BCUT2D eigenvalue weighted by Gasteiger charge is -2.10. The van der Waals surface area contributed by atoms with Crippen molar-refractivity contribution in [3.8, 4) is 0 Å². The van der Waals surface area contributed by atoms with Gasteiger partial charge in [0.25, 0.3) is 5.24 Å². The van der Waals surface area contributed by atoms with Gasteiger partial charge in [0.15, 0.2) is 0 Å². The molecule has 6 heteroatoms. The molecule has 0 fully saturated rings. The van der Waals surface area contributed by atoms with Crippen molar-refractivity contribution < 1.29 is 14.9 Å². The molecule has 0 bridgehead atoms. The molecule has 1 aliphatic heterocycles. The number of nitrogens with zero attached hydrogens (tertiary/aromatic N) is 2. The number of hydroxylamine groups is 4. The highest BCUT2D eigenvalue weighted by Crippen LogP contribution is 2.14. The number of hydrogen-bond acceptors (Lipinski definition) is 5. The second kappa shape index (κ2) is 2.45. The summed E-state index contributed by atoms with van der Waals surface area (Å²) in [6.45, 7) is 0. The molecule has 56 valence electrons. The Morgan fingerprint density at radius 2 is 2.50 bits per heavy atom. The van der Waals surface area contributed by atoms with Gasteiger partial charge in [-0.25, -0.2) is 5.06 Å². The molecule has 0 aliphatic carbocycles. The van der Waals surface area contributed by atoms with Gasteiger partial charge in [-0.15, -0.1) is 10.2 Å². The lowest BCUT2D eigenvalue weighted by molar-refractivity contribution is -0.375. The van der Waals surface area contributed by atoms with E-state index in [-0.39, 0.29) is 5.70 Å². The first kappa shape index (κ1) is 7.33. The van der Waals surface area contributed by atoms with Crippen molar-refractivity contribution in [1.82, 2.24) is 10.3 Å². The van der Waals surface area contributed by atoms with Gasteiger partial charge in [-0.1, -0.05) is 0 Å². The van der Waals surface area contributed by atoms with Gasteiger partial charge in [-0.2, -0.15) is 0 Å². The summed E-state index contributed by atoms with van der Waals surface area (Å²) in [6.07, 6.45) is 1.06. The summed E-state index contributed by atoms with van der Waals surface area (Å²) in [5.74, 6) is 0. The molecule has 0 aromatic rings. The Labute approximate surface area is 61.9 Å². The molecule has 0 saturated carbocycles. The van der Waals surface area contributed by atoms with Crippen LogP contribution in [0, 0.1) is 0 Å². The van der Waals surface area contributed by atoms with Crippen LogP contribution in [0.3, 0.4) is 0 Å². The van der Waals surface area contributed by atoms with Crippen LogP contribution in [0.2, 0.25) is 0 Å². The molecule has 0 radical (unpaired) electrons. The molecule has 10 heavy (non-hydrogen) atoms. The maximum Gasteiger partial charge on any atom is 0.272 e. The number of allylic oxidation sites excluding steroid dienone is 1. The molecule has 0 amide bonds. The normalized spacial score (nSPS) is 17.7. The first-order valence-corrected chi connectivity index (χ1v) is 2.80. The predicted molar refractivity (Wildman–Crippen MR) is 31.4 cm³/mol. The zero-order valence-electron chi connectivity index (χ0n) is 5.11. The maximum absolute atomic E-state index is 10.4. The molecule has 1 rings (SSSR count).